The number of benzene rings is 1. The van der Waals surface area contributed by atoms with Crippen LogP contribution in [0.15, 0.2) is 18.2 Å². The van der Waals surface area contributed by atoms with Crippen molar-refractivity contribution in [1.29, 1.82) is 0 Å². The molecule has 2 fully saturated rings. The van der Waals surface area contributed by atoms with Gasteiger partial charge in [0.25, 0.3) is 5.91 Å². The number of amides is 1. The topological polar surface area (TPSA) is 127 Å². The van der Waals surface area contributed by atoms with Gasteiger partial charge in [0, 0.05) is 24.9 Å². The van der Waals surface area contributed by atoms with Gasteiger partial charge in [-0.2, -0.15) is 5.10 Å². The molecule has 8 nitrogen and oxygen atoms in total. The van der Waals surface area contributed by atoms with Crippen molar-refractivity contribution < 1.29 is 22.7 Å². The van der Waals surface area contributed by atoms with Gasteiger partial charge in [-0.1, -0.05) is 11.6 Å². The number of halogens is 2. The number of aromatic nitrogens is 2. The molecule has 1 aromatic carbocycles. The van der Waals surface area contributed by atoms with Crippen LogP contribution in [0.4, 0.5) is 15.9 Å². The number of aliphatic hydroxyl groups is 1. The third-order valence-electron chi connectivity index (χ3n) is 6.97. The summed E-state index contributed by atoms with van der Waals surface area (Å²) in [6.07, 6.45) is 3.99. The Hall–Kier alpha value is -2.17. The van der Waals surface area contributed by atoms with Gasteiger partial charge in [0.05, 0.1) is 22.1 Å². The summed E-state index contributed by atoms with van der Waals surface area (Å²) in [7, 11) is -1.46. The van der Waals surface area contributed by atoms with Crippen molar-refractivity contribution in [3.63, 3.8) is 0 Å². The van der Waals surface area contributed by atoms with E-state index in [1.807, 2.05) is 0 Å². The number of rotatable bonds is 6. The van der Waals surface area contributed by atoms with Crippen molar-refractivity contribution in [1.82, 2.24) is 9.78 Å². The molecule has 180 valence electrons. The molecule has 2 aromatic rings. The lowest BCUT2D eigenvalue weighted by Gasteiger charge is -2.24. The molecule has 0 spiro atoms. The molecule has 1 aromatic heterocycles. The minimum absolute atomic E-state index is 0.000476. The van der Waals surface area contributed by atoms with E-state index in [-0.39, 0.29) is 46.3 Å². The number of nitrogens with one attached hydrogen (secondary N) is 1. The highest BCUT2D eigenvalue weighted by Gasteiger charge is 2.50. The molecule has 0 bridgehead atoms. The second-order valence-corrected chi connectivity index (χ2v) is 12.2. The molecule has 0 aliphatic heterocycles. The van der Waals surface area contributed by atoms with E-state index in [1.54, 1.807) is 7.05 Å². The van der Waals surface area contributed by atoms with E-state index in [9.17, 15) is 22.7 Å². The zero-order valence-corrected chi connectivity index (χ0v) is 20.1. The fraction of sp³-hybridized carbons (Fsp3) is 0.545. The van der Waals surface area contributed by atoms with Crippen LogP contribution in [0.1, 0.15) is 54.1 Å². The normalized spacial score (nSPS) is 27.0. The average Bonchev–Trinajstić information content (AvgIpc) is 3.32. The summed E-state index contributed by atoms with van der Waals surface area (Å²) in [6, 6.07) is 3.93. The summed E-state index contributed by atoms with van der Waals surface area (Å²) < 4.78 is 38.0. The summed E-state index contributed by atoms with van der Waals surface area (Å²) in [5, 5.41) is 18.1. The molecule has 2 saturated carbocycles. The number of sulfone groups is 1. The molecule has 33 heavy (non-hydrogen) atoms. The summed E-state index contributed by atoms with van der Waals surface area (Å²) in [4.78, 5) is 13.1. The maximum atomic E-state index is 13.4. The van der Waals surface area contributed by atoms with Gasteiger partial charge in [-0.15, -0.1) is 0 Å². The van der Waals surface area contributed by atoms with Gasteiger partial charge in [-0.25, -0.2) is 12.8 Å². The predicted molar refractivity (Wildman–Crippen MR) is 124 cm³/mol. The maximum Gasteiger partial charge on any atom is 0.261 e. The zero-order chi connectivity index (χ0) is 24.1. The first-order valence-corrected chi connectivity index (χ1v) is 13.3. The maximum absolute atomic E-state index is 13.4. The van der Waals surface area contributed by atoms with E-state index in [1.165, 1.54) is 29.1 Å². The van der Waals surface area contributed by atoms with Gasteiger partial charge in [0.15, 0.2) is 0 Å². The van der Waals surface area contributed by atoms with Crippen molar-refractivity contribution in [3.05, 3.63) is 40.3 Å². The Balaban J connectivity index is 1.50. The third-order valence-corrected chi connectivity index (χ3v) is 8.21. The number of nitrogen functional groups attached to an aromatic ring is 1. The fourth-order valence-corrected chi connectivity index (χ4v) is 6.35. The van der Waals surface area contributed by atoms with Gasteiger partial charge < -0.3 is 16.2 Å². The highest BCUT2D eigenvalue weighted by Crippen LogP contribution is 2.55. The zero-order valence-electron chi connectivity index (χ0n) is 18.5. The van der Waals surface area contributed by atoms with Crippen LogP contribution in [-0.2, 0) is 16.9 Å². The summed E-state index contributed by atoms with van der Waals surface area (Å²) >= 11 is 5.82. The predicted octanol–water partition coefficient (Wildman–Crippen LogP) is 3.12. The minimum Gasteiger partial charge on any atom is -0.390 e. The first-order chi connectivity index (χ1) is 15.3. The number of carbonyl (C=O) groups is 1. The Bertz CT molecular complexity index is 1190. The summed E-state index contributed by atoms with van der Waals surface area (Å²) in [5.41, 5.74) is 6.45. The van der Waals surface area contributed by atoms with E-state index in [0.717, 1.165) is 12.8 Å². The molecule has 2 aliphatic carbocycles. The van der Waals surface area contributed by atoms with Crippen LogP contribution in [-0.4, -0.2) is 46.8 Å². The number of nitrogens with zero attached hydrogens (tertiary/aromatic N) is 2. The van der Waals surface area contributed by atoms with Crippen LogP contribution >= 0.6 is 11.6 Å². The number of hydrogen-bond acceptors (Lipinski definition) is 6. The van der Waals surface area contributed by atoms with Crippen LogP contribution in [0, 0.1) is 17.7 Å². The lowest BCUT2D eigenvalue weighted by molar-refractivity contribution is 0.0351. The first kappa shape index (κ1) is 24.0. The van der Waals surface area contributed by atoms with Crippen molar-refractivity contribution in [2.45, 2.75) is 43.6 Å². The molecule has 1 amide bonds. The summed E-state index contributed by atoms with van der Waals surface area (Å²) in [6.45, 7) is 0. The van der Waals surface area contributed by atoms with Crippen LogP contribution in [0.3, 0.4) is 0 Å². The van der Waals surface area contributed by atoms with E-state index < -0.39 is 27.2 Å². The monoisotopic (exact) mass is 498 g/mol. The highest BCUT2D eigenvalue weighted by molar-refractivity contribution is 7.90. The fourth-order valence-electron chi connectivity index (χ4n) is 5.42. The molecule has 11 heteroatoms. The second-order valence-electron chi connectivity index (χ2n) is 9.55. The van der Waals surface area contributed by atoms with Crippen molar-refractivity contribution in [2.75, 3.05) is 23.1 Å². The number of nitrogens with two attached hydrogens (primary N) is 1. The molecule has 1 heterocycles. The molecule has 0 radical (unpaired) electrons. The quantitative estimate of drug-likeness (QED) is 0.561. The first-order valence-electron chi connectivity index (χ1n) is 10.8. The Morgan fingerprint density at radius 3 is 2.58 bits per heavy atom. The van der Waals surface area contributed by atoms with E-state index in [0.29, 0.717) is 24.2 Å². The van der Waals surface area contributed by atoms with Crippen LogP contribution < -0.4 is 11.1 Å². The number of aryl methyl sites for hydroxylation is 1. The van der Waals surface area contributed by atoms with Gasteiger partial charge >= 0.3 is 0 Å². The van der Waals surface area contributed by atoms with E-state index in [2.05, 4.69) is 10.4 Å². The van der Waals surface area contributed by atoms with Crippen molar-refractivity contribution >= 4 is 38.9 Å². The van der Waals surface area contributed by atoms with Crippen LogP contribution in [0.2, 0.25) is 5.02 Å². The van der Waals surface area contributed by atoms with E-state index >= 15 is 0 Å². The van der Waals surface area contributed by atoms with Gasteiger partial charge in [0.2, 0.25) is 0 Å². The number of hydrogen-bond donors (Lipinski definition) is 3. The number of fused-ring (bicyclic) bond motifs is 1. The van der Waals surface area contributed by atoms with Crippen LogP contribution in [0.5, 0.6) is 0 Å². The smallest absolute Gasteiger partial charge is 0.261 e. The highest BCUT2D eigenvalue weighted by atomic mass is 35.5. The molecule has 4 rings (SSSR count). The Labute approximate surface area is 197 Å². The van der Waals surface area contributed by atoms with Gasteiger partial charge in [-0.05, 0) is 62.1 Å². The number of carbonyl (C=O) groups excluding carboxylic acids is 1. The standard InChI is InChI=1S/C22H28ClFN4O4S/c1-28-20(25)18(21(29)26-15-3-4-17(24)16(23)9-15)19(27-28)12-7-13-10-22(30,11-14(13)8-12)5-6-33(2,31)32/h3-4,9,12-14,30H,5-8,10-11,25H2,1-2H3,(H,26,29). The second kappa shape index (κ2) is 8.56. The van der Waals surface area contributed by atoms with Crippen LogP contribution in [0.25, 0.3) is 0 Å². The van der Waals surface area contributed by atoms with E-state index in [4.69, 9.17) is 17.3 Å². The largest absolute Gasteiger partial charge is 0.390 e. The SMILES string of the molecule is Cn1nc(C2CC3CC(O)(CCS(C)(=O)=O)CC3C2)c(C(=O)Nc2ccc(F)c(Cl)c2)c1N. The molecule has 2 unspecified atom stereocenters. The van der Waals surface area contributed by atoms with Gasteiger partial charge in [0.1, 0.15) is 27.0 Å². The Kier molecular flexibility index (Phi) is 6.22. The molecule has 2 atom stereocenters. The van der Waals surface area contributed by atoms with Crippen molar-refractivity contribution in [3.8, 4) is 0 Å². The van der Waals surface area contributed by atoms with Gasteiger partial charge in [-0.3, -0.25) is 9.48 Å². The summed E-state index contributed by atoms with van der Waals surface area (Å²) in [5.74, 6) is -0.353. The average molecular weight is 499 g/mol. The molecule has 4 N–H and O–H groups in total. The minimum atomic E-state index is -3.14. The molecule has 2 aliphatic rings. The lowest BCUT2D eigenvalue weighted by Crippen LogP contribution is -2.29. The Morgan fingerprint density at radius 1 is 1.36 bits per heavy atom. The molecule has 0 saturated heterocycles. The lowest BCUT2D eigenvalue weighted by atomic mass is 9.90. The molecular formula is C22H28ClFN4O4S. The third kappa shape index (κ3) is 5.02. The van der Waals surface area contributed by atoms with Crippen molar-refractivity contribution in [2.24, 2.45) is 18.9 Å². The Morgan fingerprint density at radius 2 is 2.00 bits per heavy atom. The number of anilines is 2. The molecular weight excluding hydrogens is 471 g/mol.